The Hall–Kier alpha value is -6.39. The van der Waals surface area contributed by atoms with Crippen LogP contribution < -0.4 is 25.5 Å². The summed E-state index contributed by atoms with van der Waals surface area (Å²) in [7, 11) is 9.32. The molecule has 0 bridgehead atoms. The molecule has 0 N–H and O–H groups in total. The fraction of sp³-hybridized carbons (Fsp3) is 0.217. The second-order valence-corrected chi connectivity index (χ2v) is 14.5. The predicted octanol–water partition coefficient (Wildman–Crippen LogP) is 1.17. The van der Waals surface area contributed by atoms with Gasteiger partial charge in [0, 0.05) is 35.2 Å². The van der Waals surface area contributed by atoms with Crippen LogP contribution in [0.3, 0.4) is 0 Å². The van der Waals surface area contributed by atoms with Crippen molar-refractivity contribution in [2.45, 2.75) is 33.0 Å². The Morgan fingerprint density at radius 3 is 0.531 bits per heavy atom. The summed E-state index contributed by atoms with van der Waals surface area (Å²) in [5.41, 5.74) is 9.56. The zero-order chi connectivity index (χ0) is 59.1. The zero-order valence-corrected chi connectivity index (χ0v) is 48.7. The summed E-state index contributed by atoms with van der Waals surface area (Å²) in [6.07, 6.45) is 0. The molecule has 32 nitrogen and oxygen atoms in total. The Kier molecular flexibility index (Phi) is 41.3. The van der Waals surface area contributed by atoms with E-state index in [4.69, 9.17) is 65.9 Å². The van der Waals surface area contributed by atoms with E-state index < -0.39 is 20.3 Å². The first kappa shape index (κ1) is 78.8. The van der Waals surface area contributed by atoms with Gasteiger partial charge in [-0.05, 0) is 60.7 Å². The van der Waals surface area contributed by atoms with Crippen molar-refractivity contribution < 1.29 is 165 Å². The third kappa shape index (κ3) is 26.8. The predicted molar refractivity (Wildman–Crippen MR) is 267 cm³/mol. The Balaban J connectivity index is -0.000000866. The number of aryl methyl sites for hydroxylation is 5. The van der Waals surface area contributed by atoms with E-state index in [2.05, 4.69) is 31.6 Å². The fourth-order valence-electron chi connectivity index (χ4n) is 6.62. The molecule has 437 valence electrons. The molecule has 5 aromatic heterocycles. The summed E-state index contributed by atoms with van der Waals surface area (Å²) in [4.78, 5) is 53.9. The molecule has 0 amide bonds. The van der Waals surface area contributed by atoms with E-state index in [0.717, 1.165) is 55.2 Å². The van der Waals surface area contributed by atoms with Crippen molar-refractivity contribution in [1.82, 2.24) is 47.8 Å². The van der Waals surface area contributed by atoms with Crippen LogP contribution in [0.1, 0.15) is 29.1 Å². The molecule has 5 heterocycles. The van der Waals surface area contributed by atoms with Crippen molar-refractivity contribution in [3.63, 3.8) is 0 Å². The number of imidazole rings is 5. The molecule has 0 fully saturated rings. The minimum Gasteiger partial charge on any atom is 3.00 e. The SMILES string of the molecule is Cn1c(C[O-])nc2ccccc21.Cn1c(C[O-])nc2ccccc21.Cn1c(C[O-])nc2ccccc21.Cn1c(C[O-])nc2ccccc21.Cn1c(C[O-])nc2ccccc21.O=[N+]([O-])[O-].O=[N+]([O-])[O-].O=[N+]([O-])[O-].O=[N+]([O-])[O-].[C-]#[O+].[Dy+3].[Dy+3].[Dy+3]. The second-order valence-electron chi connectivity index (χ2n) is 14.5. The van der Waals surface area contributed by atoms with Crippen LogP contribution in [0.5, 0.6) is 0 Å². The first-order chi connectivity index (χ1) is 37.1. The van der Waals surface area contributed by atoms with Gasteiger partial charge in [0.15, 0.2) is 0 Å². The van der Waals surface area contributed by atoms with Gasteiger partial charge in [-0.15, -0.1) is 0 Å². The Morgan fingerprint density at radius 2 is 0.432 bits per heavy atom. The summed E-state index contributed by atoms with van der Waals surface area (Å²) in [5.74, 6) is 2.97. The van der Waals surface area contributed by atoms with E-state index >= 15 is 0 Å². The van der Waals surface area contributed by atoms with Gasteiger partial charge in [-0.2, -0.15) is 0 Å². The smallest absolute Gasteiger partial charge is 3.00 e. The van der Waals surface area contributed by atoms with Crippen molar-refractivity contribution in [3.8, 4) is 0 Å². The molecule has 0 aliphatic heterocycles. The van der Waals surface area contributed by atoms with Crippen molar-refractivity contribution in [2.75, 3.05) is 0 Å². The molecule has 0 atom stereocenters. The van der Waals surface area contributed by atoms with Crippen LogP contribution in [0, 0.1) is 182 Å². The van der Waals surface area contributed by atoms with Gasteiger partial charge < -0.3 is 110 Å². The molecular weight excluding hydrogens is 1520 g/mol. The van der Waals surface area contributed by atoms with Gasteiger partial charge in [0.1, 0.15) is 0 Å². The van der Waals surface area contributed by atoms with E-state index in [-0.39, 0.29) is 148 Å². The molecule has 0 aliphatic carbocycles. The van der Waals surface area contributed by atoms with Gasteiger partial charge in [-0.25, -0.2) is 24.9 Å². The van der Waals surface area contributed by atoms with Gasteiger partial charge >= 0.3 is 126 Å². The molecule has 0 saturated carbocycles. The molecular formula is C46H45Dy3N14O18. The van der Waals surface area contributed by atoms with E-state index in [1.54, 1.807) is 0 Å². The molecule has 81 heavy (non-hydrogen) atoms. The first-order valence-corrected chi connectivity index (χ1v) is 21.5. The maximum Gasteiger partial charge on any atom is 3.00 e. The quantitative estimate of drug-likeness (QED) is 0.101. The normalized spacial score (nSPS) is 9.23. The maximum atomic E-state index is 10.6. The van der Waals surface area contributed by atoms with Crippen LogP contribution >= 0.6 is 0 Å². The van der Waals surface area contributed by atoms with E-state index in [0.29, 0.717) is 29.1 Å². The molecule has 10 rings (SSSR count). The zero-order valence-electron chi connectivity index (χ0n) is 42.6. The Bertz CT molecular complexity index is 2970. The summed E-state index contributed by atoms with van der Waals surface area (Å²) in [5, 5.41) is 112. The van der Waals surface area contributed by atoms with Crippen LogP contribution in [0.15, 0.2) is 121 Å². The first-order valence-electron chi connectivity index (χ1n) is 21.5. The van der Waals surface area contributed by atoms with E-state index in [1.807, 2.05) is 179 Å². The number of hydrogen-bond acceptors (Lipinski definition) is 22. The summed E-state index contributed by atoms with van der Waals surface area (Å²) >= 11 is 0. The number of para-hydroxylation sites is 10. The average molecular weight is 1570 g/mol. The number of rotatable bonds is 5. The number of fused-ring (bicyclic) bond motifs is 5. The van der Waals surface area contributed by atoms with Crippen LogP contribution in [-0.4, -0.2) is 68.1 Å². The second kappa shape index (κ2) is 42.5. The van der Waals surface area contributed by atoms with E-state index in [1.165, 1.54) is 0 Å². The number of aromatic nitrogens is 10. The van der Waals surface area contributed by atoms with Crippen molar-refractivity contribution in [1.29, 1.82) is 0 Å². The average Bonchev–Trinajstić information content (AvgIpc) is 4.21. The van der Waals surface area contributed by atoms with Gasteiger partial charge in [0.2, 0.25) is 0 Å². The van der Waals surface area contributed by atoms with Crippen LogP contribution in [0.25, 0.3) is 55.2 Å². The Morgan fingerprint density at radius 1 is 0.321 bits per heavy atom. The molecule has 10 aromatic rings. The maximum absolute atomic E-state index is 10.6. The third-order valence-electron chi connectivity index (χ3n) is 10.0. The van der Waals surface area contributed by atoms with Crippen LogP contribution in [0.4, 0.5) is 0 Å². The molecule has 3 radical (unpaired) electrons. The summed E-state index contributed by atoms with van der Waals surface area (Å²) < 4.78 is 16.7. The summed E-state index contributed by atoms with van der Waals surface area (Å²) in [6.45, 7) is 3.21. The minimum atomic E-state index is -1.75. The van der Waals surface area contributed by atoms with Crippen LogP contribution in [-0.2, 0) is 72.9 Å². The molecule has 0 saturated heterocycles. The monoisotopic (exact) mass is 1570 g/mol. The largest absolute Gasteiger partial charge is 3.00 e. The molecule has 0 unspecified atom stereocenters. The fourth-order valence-corrected chi connectivity index (χ4v) is 6.62. The van der Waals surface area contributed by atoms with E-state index in [9.17, 15) is 25.5 Å². The molecule has 0 spiro atoms. The van der Waals surface area contributed by atoms with Crippen molar-refractivity contribution >= 4 is 55.2 Å². The topological polar surface area (TPSA) is 489 Å². The van der Waals surface area contributed by atoms with Crippen LogP contribution in [0.2, 0.25) is 0 Å². The third-order valence-corrected chi connectivity index (χ3v) is 10.0. The number of benzene rings is 5. The van der Waals surface area contributed by atoms with Gasteiger partial charge in [-0.1, -0.05) is 93.7 Å². The molecule has 0 aliphatic rings. The minimum absolute atomic E-state index is 0. The standard InChI is InChI=1S/5C9H9N2O.CO.3Dy.4NO3/c5*1-11-8-5-3-2-4-7(8)10-9(11)6-12;1-2;;;;4*2-1(3)4/h5*2-5H,6H2,1H3;;;;;;;;/q5*-1;;3*+3;4*-1. The molecule has 5 aromatic carbocycles. The summed E-state index contributed by atoms with van der Waals surface area (Å²) in [6, 6.07) is 38.7. The van der Waals surface area contributed by atoms with Crippen molar-refractivity contribution in [2.24, 2.45) is 35.2 Å². The van der Waals surface area contributed by atoms with Crippen molar-refractivity contribution in [3.05, 3.63) is 218 Å². The molecule has 35 heteroatoms. The Labute approximate surface area is 548 Å². The van der Waals surface area contributed by atoms with Gasteiger partial charge in [0.05, 0.1) is 105 Å². The van der Waals surface area contributed by atoms with Gasteiger partial charge in [0.25, 0.3) is 0 Å². The van der Waals surface area contributed by atoms with Gasteiger partial charge in [-0.3, -0.25) is 0 Å². The number of hydrogen-bond donors (Lipinski definition) is 0. The number of nitrogens with zero attached hydrogens (tertiary/aromatic N) is 14.